The molecule has 0 unspecified atom stereocenters. The SMILES string of the molecule is COc1cc(OC)c2cc(-c3c(-c4ccc5oc6ccc(-c7[nH]c8ccccc8c7-c7cc8c(OC)cc(OC)cc8[nH]7)cc6c5c4)[nH]c4ccccc34)[nH]c2c1. The second kappa shape index (κ2) is 12.5. The highest BCUT2D eigenvalue weighted by Gasteiger charge is 2.22. The summed E-state index contributed by atoms with van der Waals surface area (Å²) < 4.78 is 29.2. The van der Waals surface area contributed by atoms with E-state index in [4.69, 9.17) is 23.4 Å². The van der Waals surface area contributed by atoms with Crippen molar-refractivity contribution in [3.05, 3.63) is 121 Å². The molecule has 0 bridgehead atoms. The van der Waals surface area contributed by atoms with Crippen molar-refractivity contribution in [1.82, 2.24) is 19.9 Å². The van der Waals surface area contributed by atoms with Crippen LogP contribution >= 0.6 is 0 Å². The summed E-state index contributed by atoms with van der Waals surface area (Å²) in [5, 5.41) is 6.24. The lowest BCUT2D eigenvalue weighted by molar-refractivity contribution is 0.397. The Morgan fingerprint density at radius 3 is 1.28 bits per heavy atom. The number of H-pyrrole nitrogens is 4. The molecule has 4 N–H and O–H groups in total. The quantitative estimate of drug-likeness (QED) is 0.124. The molecule has 5 aromatic heterocycles. The van der Waals surface area contributed by atoms with Crippen LogP contribution in [0.25, 0.3) is 111 Å². The van der Waals surface area contributed by atoms with Crippen molar-refractivity contribution in [2.75, 3.05) is 28.4 Å². The molecule has 6 aromatic carbocycles. The van der Waals surface area contributed by atoms with Gasteiger partial charge in [0.05, 0.1) is 50.9 Å². The van der Waals surface area contributed by atoms with Gasteiger partial charge in [0.15, 0.2) is 0 Å². The Morgan fingerprint density at radius 1 is 0.386 bits per heavy atom. The molecule has 0 saturated heterocycles. The Labute approximate surface area is 325 Å². The van der Waals surface area contributed by atoms with Gasteiger partial charge in [0, 0.05) is 90.1 Å². The number of para-hydroxylation sites is 2. The van der Waals surface area contributed by atoms with Crippen molar-refractivity contribution in [2.24, 2.45) is 0 Å². The van der Waals surface area contributed by atoms with E-state index in [9.17, 15) is 0 Å². The van der Waals surface area contributed by atoms with E-state index in [0.29, 0.717) is 0 Å². The predicted octanol–water partition coefficient (Wildman–Crippen LogP) is 12.2. The minimum absolute atomic E-state index is 0.727. The normalized spacial score (nSPS) is 11.9. The Balaban J connectivity index is 1.09. The molecule has 0 spiro atoms. The highest BCUT2D eigenvalue weighted by Crippen LogP contribution is 2.45. The van der Waals surface area contributed by atoms with Crippen molar-refractivity contribution >= 4 is 65.6 Å². The summed E-state index contributed by atoms with van der Waals surface area (Å²) in [5.41, 5.74) is 13.8. The number of methoxy groups -OCH3 is 4. The van der Waals surface area contributed by atoms with Crippen molar-refractivity contribution < 1.29 is 23.4 Å². The number of aromatic nitrogens is 4. The van der Waals surface area contributed by atoms with Gasteiger partial charge in [-0.25, -0.2) is 0 Å². The van der Waals surface area contributed by atoms with Crippen molar-refractivity contribution in [1.29, 1.82) is 0 Å². The molecule has 0 aliphatic heterocycles. The van der Waals surface area contributed by atoms with Crippen LogP contribution in [-0.4, -0.2) is 48.4 Å². The van der Waals surface area contributed by atoms with Gasteiger partial charge in [-0.1, -0.05) is 36.4 Å². The molecule has 9 nitrogen and oxygen atoms in total. The summed E-state index contributed by atoms with van der Waals surface area (Å²) in [6, 6.07) is 41.8. The van der Waals surface area contributed by atoms with Gasteiger partial charge in [-0.3, -0.25) is 0 Å². The first-order chi connectivity index (χ1) is 28.0. The molecule has 5 heterocycles. The maximum Gasteiger partial charge on any atom is 0.135 e. The molecular formula is C48H36N4O5. The lowest BCUT2D eigenvalue weighted by Gasteiger charge is -2.06. The van der Waals surface area contributed by atoms with E-state index in [2.05, 4.69) is 117 Å². The van der Waals surface area contributed by atoms with Crippen LogP contribution in [0, 0.1) is 0 Å². The average molecular weight is 749 g/mol. The summed E-state index contributed by atoms with van der Waals surface area (Å²) in [6.45, 7) is 0. The molecule has 0 saturated carbocycles. The highest BCUT2D eigenvalue weighted by atomic mass is 16.5. The average Bonchev–Trinajstić information content (AvgIpc) is 4.09. The van der Waals surface area contributed by atoms with Crippen LogP contribution in [0.2, 0.25) is 0 Å². The molecule has 0 aliphatic carbocycles. The van der Waals surface area contributed by atoms with Gasteiger partial charge in [-0.15, -0.1) is 0 Å². The summed E-state index contributed by atoms with van der Waals surface area (Å²) in [5.74, 6) is 2.95. The number of aromatic amines is 4. The number of nitrogens with one attached hydrogen (secondary N) is 4. The van der Waals surface area contributed by atoms with Gasteiger partial charge < -0.3 is 43.3 Å². The van der Waals surface area contributed by atoms with Crippen LogP contribution in [-0.2, 0) is 0 Å². The maximum atomic E-state index is 6.47. The monoisotopic (exact) mass is 748 g/mol. The summed E-state index contributed by atoms with van der Waals surface area (Å²) in [6.07, 6.45) is 0. The Bertz CT molecular complexity index is 3150. The number of rotatable bonds is 8. The second-order valence-corrected chi connectivity index (χ2v) is 14.3. The number of benzene rings is 6. The fourth-order valence-corrected chi connectivity index (χ4v) is 8.57. The molecule has 11 aromatic rings. The topological polar surface area (TPSA) is 113 Å². The largest absolute Gasteiger partial charge is 0.497 e. The first-order valence-corrected chi connectivity index (χ1v) is 18.7. The fourth-order valence-electron chi connectivity index (χ4n) is 8.57. The molecule has 278 valence electrons. The van der Waals surface area contributed by atoms with Crippen LogP contribution in [0.15, 0.2) is 126 Å². The van der Waals surface area contributed by atoms with Gasteiger partial charge in [0.2, 0.25) is 0 Å². The zero-order chi connectivity index (χ0) is 38.4. The lowest BCUT2D eigenvalue weighted by Crippen LogP contribution is -1.87. The fraction of sp³-hybridized carbons (Fsp3) is 0.0833. The zero-order valence-electron chi connectivity index (χ0n) is 31.6. The van der Waals surface area contributed by atoms with Gasteiger partial charge in [0.1, 0.15) is 34.2 Å². The smallest absolute Gasteiger partial charge is 0.135 e. The van der Waals surface area contributed by atoms with Gasteiger partial charge in [-0.05, 0) is 71.8 Å². The third kappa shape index (κ3) is 5.02. The summed E-state index contributed by atoms with van der Waals surface area (Å²) >= 11 is 0. The minimum atomic E-state index is 0.727. The van der Waals surface area contributed by atoms with E-state index < -0.39 is 0 Å². The predicted molar refractivity (Wildman–Crippen MR) is 229 cm³/mol. The van der Waals surface area contributed by atoms with E-state index in [1.807, 2.05) is 24.3 Å². The van der Waals surface area contributed by atoms with Crippen LogP contribution in [0.4, 0.5) is 0 Å². The van der Waals surface area contributed by atoms with Gasteiger partial charge >= 0.3 is 0 Å². The zero-order valence-corrected chi connectivity index (χ0v) is 31.6. The second-order valence-electron chi connectivity index (χ2n) is 14.3. The third-order valence-corrected chi connectivity index (χ3v) is 11.3. The van der Waals surface area contributed by atoms with Crippen molar-refractivity contribution in [3.63, 3.8) is 0 Å². The summed E-state index contributed by atoms with van der Waals surface area (Å²) in [7, 11) is 6.70. The lowest BCUT2D eigenvalue weighted by atomic mass is 9.99. The first-order valence-electron chi connectivity index (χ1n) is 18.7. The van der Waals surface area contributed by atoms with Crippen LogP contribution in [0.1, 0.15) is 0 Å². The molecule has 0 amide bonds. The van der Waals surface area contributed by atoms with E-state index >= 15 is 0 Å². The number of hydrogen-bond acceptors (Lipinski definition) is 5. The number of ether oxygens (including phenoxy) is 4. The Morgan fingerprint density at radius 2 is 0.842 bits per heavy atom. The van der Waals surface area contributed by atoms with Crippen LogP contribution < -0.4 is 18.9 Å². The van der Waals surface area contributed by atoms with E-state index in [1.54, 1.807) is 28.4 Å². The standard InChI is InChI=1S/C48H36N4O5/c1-53-27-19-37-33(43(21-27)55-3)23-39(49-37)45-29-9-5-7-11-35(29)51-47(45)25-13-15-41-31(17-25)32-18-26(14-16-42(32)57-41)48-46(30-10-6-8-12-36(30)52-48)40-24-34-38(50-40)20-28(54-2)22-44(34)56-4/h5-24,49-52H,1-4H3. The molecule has 0 fully saturated rings. The maximum absolute atomic E-state index is 6.47. The number of fused-ring (bicyclic) bond motifs is 7. The van der Waals surface area contributed by atoms with E-state index in [1.165, 1.54) is 0 Å². The molecule has 57 heavy (non-hydrogen) atoms. The molecule has 9 heteroatoms. The van der Waals surface area contributed by atoms with E-state index in [-0.39, 0.29) is 0 Å². The van der Waals surface area contributed by atoms with E-state index in [0.717, 1.165) is 134 Å². The van der Waals surface area contributed by atoms with Gasteiger partial charge in [0.25, 0.3) is 0 Å². The molecule has 0 atom stereocenters. The Hall–Kier alpha value is -7.52. The third-order valence-electron chi connectivity index (χ3n) is 11.3. The van der Waals surface area contributed by atoms with Crippen LogP contribution in [0.3, 0.4) is 0 Å². The molecule has 0 aliphatic rings. The van der Waals surface area contributed by atoms with Crippen molar-refractivity contribution in [2.45, 2.75) is 0 Å². The molecule has 11 rings (SSSR count). The number of furan rings is 1. The highest BCUT2D eigenvalue weighted by molar-refractivity contribution is 6.12. The summed E-state index contributed by atoms with van der Waals surface area (Å²) in [4.78, 5) is 14.8. The Kier molecular flexibility index (Phi) is 7.21. The first kappa shape index (κ1) is 32.9. The van der Waals surface area contributed by atoms with Crippen molar-refractivity contribution in [3.8, 4) is 68.0 Å². The molecular weight excluding hydrogens is 713 g/mol. The van der Waals surface area contributed by atoms with Gasteiger partial charge in [-0.2, -0.15) is 0 Å². The minimum Gasteiger partial charge on any atom is -0.497 e. The van der Waals surface area contributed by atoms with Crippen LogP contribution in [0.5, 0.6) is 23.0 Å². The number of hydrogen-bond donors (Lipinski definition) is 4. The molecule has 0 radical (unpaired) electrons.